The average Bonchev–Trinajstić information content (AvgIpc) is 2.53. The molecule has 0 saturated carbocycles. The smallest absolute Gasteiger partial charge is 0.330 e. The highest BCUT2D eigenvalue weighted by atomic mass is 19.0. The van der Waals surface area contributed by atoms with Crippen LogP contribution in [-0.2, 0) is 16.1 Å². The summed E-state index contributed by atoms with van der Waals surface area (Å²) in [4.78, 5) is 11.2. The molecule has 0 amide bonds. The SMILES string of the molecule is C=CC(=O)OCC[N+](CC)(CCCC)Cc1ccccc1.[F-]. The fraction of sp³-hybridized carbons (Fsp3) is 0.500. The molecule has 1 aromatic carbocycles. The summed E-state index contributed by atoms with van der Waals surface area (Å²) in [6, 6.07) is 10.5. The Morgan fingerprint density at radius 1 is 1.23 bits per heavy atom. The van der Waals surface area contributed by atoms with Crippen molar-refractivity contribution >= 4 is 5.97 Å². The number of carbonyl (C=O) groups excluding carboxylic acids is 1. The molecule has 1 aromatic rings. The predicted molar refractivity (Wildman–Crippen MR) is 86.7 cm³/mol. The number of nitrogens with zero attached hydrogens (tertiary/aromatic N) is 1. The van der Waals surface area contributed by atoms with Crippen LogP contribution in [0.25, 0.3) is 0 Å². The molecular weight excluding hydrogens is 281 g/mol. The third-order valence-corrected chi connectivity index (χ3v) is 3.99. The van der Waals surface area contributed by atoms with Crippen LogP contribution in [-0.4, -0.2) is 36.7 Å². The first-order chi connectivity index (χ1) is 10.2. The molecule has 3 nitrogen and oxygen atoms in total. The molecule has 0 fully saturated rings. The van der Waals surface area contributed by atoms with Gasteiger partial charge >= 0.3 is 5.97 Å². The molecular formula is C18H28FNO2. The molecule has 0 aliphatic heterocycles. The maximum atomic E-state index is 11.2. The molecule has 0 bridgehead atoms. The molecule has 0 spiro atoms. The Balaban J connectivity index is 0.00000441. The second kappa shape index (κ2) is 11.0. The average molecular weight is 309 g/mol. The van der Waals surface area contributed by atoms with Crippen molar-refractivity contribution in [3.63, 3.8) is 0 Å². The lowest BCUT2D eigenvalue weighted by molar-refractivity contribution is -0.939. The predicted octanol–water partition coefficient (Wildman–Crippen LogP) is 0.557. The van der Waals surface area contributed by atoms with Crippen LogP contribution in [0.4, 0.5) is 0 Å². The molecule has 1 atom stereocenters. The van der Waals surface area contributed by atoms with Crippen LogP contribution >= 0.6 is 0 Å². The van der Waals surface area contributed by atoms with E-state index in [1.54, 1.807) is 0 Å². The van der Waals surface area contributed by atoms with Crippen molar-refractivity contribution in [3.05, 3.63) is 48.6 Å². The lowest BCUT2D eigenvalue weighted by Gasteiger charge is -2.38. The van der Waals surface area contributed by atoms with Gasteiger partial charge in [0, 0.05) is 11.6 Å². The molecule has 4 heteroatoms. The molecule has 0 aliphatic carbocycles. The van der Waals surface area contributed by atoms with Crippen molar-refractivity contribution < 1.29 is 18.7 Å². The molecule has 1 rings (SSSR count). The van der Waals surface area contributed by atoms with Crippen LogP contribution in [0.3, 0.4) is 0 Å². The summed E-state index contributed by atoms with van der Waals surface area (Å²) in [7, 11) is 0. The normalized spacial score (nSPS) is 12.8. The van der Waals surface area contributed by atoms with Crippen LogP contribution in [0, 0.1) is 0 Å². The molecule has 0 aliphatic rings. The summed E-state index contributed by atoms with van der Waals surface area (Å²) in [6.07, 6.45) is 3.60. The number of unbranched alkanes of at least 4 members (excludes halogenated alkanes) is 1. The quantitative estimate of drug-likeness (QED) is 0.359. The van der Waals surface area contributed by atoms with Crippen LogP contribution < -0.4 is 4.70 Å². The minimum Gasteiger partial charge on any atom is -1.00 e. The van der Waals surface area contributed by atoms with E-state index in [1.807, 2.05) is 6.07 Å². The molecule has 0 N–H and O–H groups in total. The zero-order valence-electron chi connectivity index (χ0n) is 13.8. The van der Waals surface area contributed by atoms with Crippen molar-refractivity contribution in [2.75, 3.05) is 26.2 Å². The van der Waals surface area contributed by atoms with Crippen LogP contribution in [0.5, 0.6) is 0 Å². The Morgan fingerprint density at radius 2 is 1.91 bits per heavy atom. The topological polar surface area (TPSA) is 26.3 Å². The number of esters is 1. The Kier molecular flexibility index (Phi) is 10.1. The fourth-order valence-corrected chi connectivity index (χ4v) is 2.56. The van der Waals surface area contributed by atoms with Gasteiger partial charge in [0.2, 0.25) is 0 Å². The Morgan fingerprint density at radius 3 is 2.45 bits per heavy atom. The van der Waals surface area contributed by atoms with Gasteiger partial charge < -0.3 is 13.9 Å². The van der Waals surface area contributed by atoms with Gasteiger partial charge in [-0.3, -0.25) is 0 Å². The van der Waals surface area contributed by atoms with E-state index in [2.05, 4.69) is 44.7 Å². The van der Waals surface area contributed by atoms with Gasteiger partial charge in [-0.15, -0.1) is 0 Å². The zero-order valence-corrected chi connectivity index (χ0v) is 13.8. The Labute approximate surface area is 133 Å². The Hall–Kier alpha value is -1.68. The van der Waals surface area contributed by atoms with Crippen molar-refractivity contribution in [1.29, 1.82) is 0 Å². The van der Waals surface area contributed by atoms with E-state index >= 15 is 0 Å². The second-order valence-electron chi connectivity index (χ2n) is 5.47. The number of hydrogen-bond acceptors (Lipinski definition) is 2. The lowest BCUT2D eigenvalue weighted by atomic mass is 10.1. The van der Waals surface area contributed by atoms with Crippen LogP contribution in [0.1, 0.15) is 32.3 Å². The standard InChI is InChI=1S/C18H28NO2.FH/c1-4-7-13-19(6-3,14-15-21-18(20)5-2)16-17-11-9-8-10-12-17;/h5,8-12H,2,4,6-7,13-16H2,1,3H3;1H/q+1;/p-1. The summed E-state index contributed by atoms with van der Waals surface area (Å²) in [5.41, 5.74) is 1.34. The molecule has 0 radical (unpaired) electrons. The molecule has 124 valence electrons. The maximum Gasteiger partial charge on any atom is 0.330 e. The maximum absolute atomic E-state index is 11.2. The van der Waals surface area contributed by atoms with E-state index in [4.69, 9.17) is 4.74 Å². The first-order valence-electron chi connectivity index (χ1n) is 7.84. The number of likely N-dealkylation sites (N-methyl/N-ethyl adjacent to an activating group) is 1. The van der Waals surface area contributed by atoms with Gasteiger partial charge in [0.25, 0.3) is 0 Å². The van der Waals surface area contributed by atoms with Gasteiger partial charge in [0.1, 0.15) is 19.7 Å². The molecule has 22 heavy (non-hydrogen) atoms. The highest BCUT2D eigenvalue weighted by molar-refractivity contribution is 5.81. The summed E-state index contributed by atoms with van der Waals surface area (Å²) >= 11 is 0. The third-order valence-electron chi connectivity index (χ3n) is 3.99. The van der Waals surface area contributed by atoms with E-state index < -0.39 is 0 Å². The van der Waals surface area contributed by atoms with Crippen molar-refractivity contribution in [2.45, 2.75) is 33.2 Å². The van der Waals surface area contributed by atoms with E-state index in [9.17, 15) is 4.79 Å². The van der Waals surface area contributed by atoms with Gasteiger partial charge in [-0.1, -0.05) is 50.3 Å². The van der Waals surface area contributed by atoms with Gasteiger partial charge in [-0.2, -0.15) is 0 Å². The van der Waals surface area contributed by atoms with Crippen LogP contribution in [0.2, 0.25) is 0 Å². The number of ether oxygens (including phenoxy) is 1. The number of benzene rings is 1. The van der Waals surface area contributed by atoms with Gasteiger partial charge in [-0.25, -0.2) is 4.79 Å². The summed E-state index contributed by atoms with van der Waals surface area (Å²) in [5, 5.41) is 0. The Bertz CT molecular complexity index is 436. The summed E-state index contributed by atoms with van der Waals surface area (Å²) < 4.78 is 6.15. The summed E-state index contributed by atoms with van der Waals surface area (Å²) in [5.74, 6) is -0.334. The highest BCUT2D eigenvalue weighted by Gasteiger charge is 2.25. The highest BCUT2D eigenvalue weighted by Crippen LogP contribution is 2.16. The number of hydrogen-bond donors (Lipinski definition) is 0. The van der Waals surface area contributed by atoms with Gasteiger partial charge in [0.15, 0.2) is 0 Å². The molecule has 0 heterocycles. The number of halogens is 1. The number of carbonyl (C=O) groups is 1. The first kappa shape index (κ1) is 20.3. The molecule has 0 saturated heterocycles. The van der Waals surface area contributed by atoms with E-state index in [0.717, 1.165) is 30.7 Å². The minimum absolute atomic E-state index is 0. The monoisotopic (exact) mass is 309 g/mol. The number of rotatable bonds is 10. The summed E-state index contributed by atoms with van der Waals surface area (Å²) in [6.45, 7) is 12.3. The molecule has 0 aromatic heterocycles. The van der Waals surface area contributed by atoms with Crippen molar-refractivity contribution in [3.8, 4) is 0 Å². The third kappa shape index (κ3) is 6.85. The van der Waals surface area contributed by atoms with E-state index in [0.29, 0.717) is 6.61 Å². The molecule has 1 unspecified atom stereocenters. The van der Waals surface area contributed by atoms with E-state index in [1.165, 1.54) is 24.5 Å². The van der Waals surface area contributed by atoms with E-state index in [-0.39, 0.29) is 10.7 Å². The van der Waals surface area contributed by atoms with Crippen molar-refractivity contribution in [2.24, 2.45) is 0 Å². The van der Waals surface area contributed by atoms with Crippen molar-refractivity contribution in [1.82, 2.24) is 0 Å². The fourth-order valence-electron chi connectivity index (χ4n) is 2.56. The van der Waals surface area contributed by atoms with Gasteiger partial charge in [0.05, 0.1) is 13.1 Å². The van der Waals surface area contributed by atoms with Gasteiger partial charge in [-0.05, 0) is 13.3 Å². The largest absolute Gasteiger partial charge is 1.00 e. The zero-order chi connectivity index (χ0) is 15.6. The lowest BCUT2D eigenvalue weighted by Crippen LogP contribution is -3.00. The first-order valence-corrected chi connectivity index (χ1v) is 7.84. The minimum atomic E-state index is -0.334. The second-order valence-corrected chi connectivity index (χ2v) is 5.47. The number of quaternary nitrogens is 1. The van der Waals surface area contributed by atoms with Crippen LogP contribution in [0.15, 0.2) is 43.0 Å².